The summed E-state index contributed by atoms with van der Waals surface area (Å²) in [7, 11) is 0. The molecule has 0 aliphatic carbocycles. The summed E-state index contributed by atoms with van der Waals surface area (Å²) >= 11 is 1.92. The molecule has 0 saturated carbocycles. The largest absolute Gasteiger partial charge is 0.293 e. The number of aryl methyl sites for hydroxylation is 1. The summed E-state index contributed by atoms with van der Waals surface area (Å²) in [5, 5.41) is 0. The smallest absolute Gasteiger partial charge is 0.162 e. The summed E-state index contributed by atoms with van der Waals surface area (Å²) in [4.78, 5) is 22.7. The Kier molecular flexibility index (Phi) is 4.32. The standard InChI is InChI=1S/C18H19N5S/c1-2-15-3-4-16(24-15)11-23-6-5-17-14(10-23)9-21-18(22-17)13-7-19-12-20-8-13/h3-4,7-9,12H,2,5-6,10-11H2,1H3. The molecule has 1 aliphatic rings. The molecule has 0 aromatic carbocycles. The highest BCUT2D eigenvalue weighted by molar-refractivity contribution is 7.11. The fourth-order valence-corrected chi connectivity index (χ4v) is 3.98. The Morgan fingerprint density at radius 1 is 1.12 bits per heavy atom. The first-order chi connectivity index (χ1) is 11.8. The number of aromatic nitrogens is 4. The van der Waals surface area contributed by atoms with Crippen LogP contribution in [-0.2, 0) is 25.9 Å². The molecule has 0 unspecified atom stereocenters. The van der Waals surface area contributed by atoms with Crippen LogP contribution in [0.15, 0.2) is 37.1 Å². The highest BCUT2D eigenvalue weighted by Crippen LogP contribution is 2.24. The van der Waals surface area contributed by atoms with Gasteiger partial charge in [-0.1, -0.05) is 6.92 Å². The number of hydrogen-bond donors (Lipinski definition) is 0. The lowest BCUT2D eigenvalue weighted by Crippen LogP contribution is -2.30. The summed E-state index contributed by atoms with van der Waals surface area (Å²) in [5.41, 5.74) is 3.25. The van der Waals surface area contributed by atoms with Gasteiger partial charge in [-0.3, -0.25) is 4.90 Å². The molecule has 4 heterocycles. The van der Waals surface area contributed by atoms with Gasteiger partial charge in [-0.25, -0.2) is 19.9 Å². The second-order valence-corrected chi connectivity index (χ2v) is 7.23. The molecule has 3 aromatic heterocycles. The van der Waals surface area contributed by atoms with Crippen molar-refractivity contribution >= 4 is 11.3 Å². The minimum Gasteiger partial charge on any atom is -0.293 e. The average Bonchev–Trinajstić information content (AvgIpc) is 3.09. The molecule has 5 nitrogen and oxygen atoms in total. The molecule has 24 heavy (non-hydrogen) atoms. The van der Waals surface area contributed by atoms with Crippen molar-refractivity contribution in [2.24, 2.45) is 0 Å². The van der Waals surface area contributed by atoms with Crippen LogP contribution in [-0.4, -0.2) is 31.4 Å². The molecule has 0 atom stereocenters. The van der Waals surface area contributed by atoms with Gasteiger partial charge in [-0.05, 0) is 18.6 Å². The Labute approximate surface area is 145 Å². The van der Waals surface area contributed by atoms with Crippen LogP contribution in [0.1, 0.15) is 27.9 Å². The monoisotopic (exact) mass is 337 g/mol. The van der Waals surface area contributed by atoms with E-state index in [9.17, 15) is 0 Å². The van der Waals surface area contributed by atoms with Gasteiger partial charge in [0.05, 0.1) is 11.3 Å². The van der Waals surface area contributed by atoms with Gasteiger partial charge in [-0.2, -0.15) is 0 Å². The Morgan fingerprint density at radius 3 is 2.75 bits per heavy atom. The van der Waals surface area contributed by atoms with E-state index in [0.29, 0.717) is 5.82 Å². The molecule has 3 aromatic rings. The van der Waals surface area contributed by atoms with Gasteiger partial charge in [0, 0.05) is 60.0 Å². The molecule has 4 rings (SSSR count). The van der Waals surface area contributed by atoms with Gasteiger partial charge in [0.2, 0.25) is 0 Å². The molecule has 1 aliphatic heterocycles. The molecule has 0 spiro atoms. The van der Waals surface area contributed by atoms with Crippen LogP contribution in [0, 0.1) is 0 Å². The Bertz CT molecular complexity index is 830. The van der Waals surface area contributed by atoms with E-state index in [2.05, 4.69) is 38.9 Å². The third-order valence-electron chi connectivity index (χ3n) is 4.28. The summed E-state index contributed by atoms with van der Waals surface area (Å²) in [5.74, 6) is 0.716. The zero-order valence-electron chi connectivity index (χ0n) is 13.6. The number of fused-ring (bicyclic) bond motifs is 1. The van der Waals surface area contributed by atoms with Crippen LogP contribution in [0.25, 0.3) is 11.4 Å². The fraction of sp³-hybridized carbons (Fsp3) is 0.333. The van der Waals surface area contributed by atoms with E-state index in [1.807, 2.05) is 17.5 Å². The number of thiophene rings is 1. The molecule has 0 saturated heterocycles. The summed E-state index contributed by atoms with van der Waals surface area (Å²) < 4.78 is 0. The van der Waals surface area contributed by atoms with Gasteiger partial charge < -0.3 is 0 Å². The lowest BCUT2D eigenvalue weighted by molar-refractivity contribution is 0.245. The van der Waals surface area contributed by atoms with E-state index in [-0.39, 0.29) is 0 Å². The number of hydrogen-bond acceptors (Lipinski definition) is 6. The second-order valence-electron chi connectivity index (χ2n) is 5.97. The molecular formula is C18H19N5S. The van der Waals surface area contributed by atoms with Crippen molar-refractivity contribution < 1.29 is 0 Å². The van der Waals surface area contributed by atoms with E-state index in [1.165, 1.54) is 21.6 Å². The highest BCUT2D eigenvalue weighted by atomic mass is 32.1. The van der Waals surface area contributed by atoms with Crippen LogP contribution in [0.2, 0.25) is 0 Å². The summed E-state index contributed by atoms with van der Waals surface area (Å²) in [6.45, 7) is 5.17. The number of rotatable bonds is 4. The molecule has 0 bridgehead atoms. The normalized spacial score (nSPS) is 14.5. The second kappa shape index (κ2) is 6.75. The fourth-order valence-electron chi connectivity index (χ4n) is 2.98. The van der Waals surface area contributed by atoms with Gasteiger partial charge in [0.1, 0.15) is 6.33 Å². The Morgan fingerprint density at radius 2 is 1.96 bits per heavy atom. The van der Waals surface area contributed by atoms with Gasteiger partial charge in [0.25, 0.3) is 0 Å². The van der Waals surface area contributed by atoms with E-state index in [4.69, 9.17) is 4.98 Å². The molecule has 0 N–H and O–H groups in total. The maximum Gasteiger partial charge on any atom is 0.162 e. The minimum atomic E-state index is 0.716. The zero-order chi connectivity index (χ0) is 16.4. The zero-order valence-corrected chi connectivity index (χ0v) is 14.5. The van der Waals surface area contributed by atoms with Crippen LogP contribution in [0.3, 0.4) is 0 Å². The first-order valence-corrected chi connectivity index (χ1v) is 9.03. The van der Waals surface area contributed by atoms with Crippen molar-refractivity contribution in [3.63, 3.8) is 0 Å². The van der Waals surface area contributed by atoms with Crippen molar-refractivity contribution in [1.82, 2.24) is 24.8 Å². The van der Waals surface area contributed by atoms with Crippen molar-refractivity contribution in [3.05, 3.63) is 58.1 Å². The van der Waals surface area contributed by atoms with E-state index in [1.54, 1.807) is 12.4 Å². The van der Waals surface area contributed by atoms with Gasteiger partial charge in [-0.15, -0.1) is 11.3 Å². The lowest BCUT2D eigenvalue weighted by atomic mass is 10.1. The SMILES string of the molecule is CCc1ccc(CN2CCc3nc(-c4cncnc4)ncc3C2)s1. The highest BCUT2D eigenvalue weighted by Gasteiger charge is 2.19. The van der Waals surface area contributed by atoms with Crippen molar-refractivity contribution in [3.8, 4) is 11.4 Å². The molecular weight excluding hydrogens is 318 g/mol. The minimum absolute atomic E-state index is 0.716. The molecule has 0 amide bonds. The Balaban J connectivity index is 1.49. The van der Waals surface area contributed by atoms with Gasteiger partial charge in [0.15, 0.2) is 5.82 Å². The quantitative estimate of drug-likeness (QED) is 0.732. The van der Waals surface area contributed by atoms with Crippen LogP contribution < -0.4 is 0 Å². The average molecular weight is 337 g/mol. The van der Waals surface area contributed by atoms with Crippen LogP contribution in [0.4, 0.5) is 0 Å². The van der Waals surface area contributed by atoms with E-state index in [0.717, 1.165) is 43.7 Å². The first kappa shape index (κ1) is 15.4. The summed E-state index contributed by atoms with van der Waals surface area (Å²) in [6, 6.07) is 4.50. The third-order valence-corrected chi connectivity index (χ3v) is 5.49. The Hall–Kier alpha value is -2.18. The molecule has 0 radical (unpaired) electrons. The van der Waals surface area contributed by atoms with Gasteiger partial charge >= 0.3 is 0 Å². The molecule has 122 valence electrons. The van der Waals surface area contributed by atoms with Crippen LogP contribution in [0.5, 0.6) is 0 Å². The summed E-state index contributed by atoms with van der Waals surface area (Å²) in [6.07, 6.45) is 9.08. The predicted molar refractivity (Wildman–Crippen MR) is 94.6 cm³/mol. The van der Waals surface area contributed by atoms with Crippen molar-refractivity contribution in [2.75, 3.05) is 6.54 Å². The van der Waals surface area contributed by atoms with E-state index < -0.39 is 0 Å². The van der Waals surface area contributed by atoms with Crippen molar-refractivity contribution in [2.45, 2.75) is 32.9 Å². The lowest BCUT2D eigenvalue weighted by Gasteiger charge is -2.27. The number of nitrogens with zero attached hydrogens (tertiary/aromatic N) is 5. The van der Waals surface area contributed by atoms with Crippen molar-refractivity contribution in [1.29, 1.82) is 0 Å². The topological polar surface area (TPSA) is 54.8 Å². The third kappa shape index (κ3) is 3.20. The predicted octanol–water partition coefficient (Wildman–Crippen LogP) is 3.12. The van der Waals surface area contributed by atoms with E-state index >= 15 is 0 Å². The first-order valence-electron chi connectivity index (χ1n) is 8.22. The molecule has 6 heteroatoms. The molecule has 0 fully saturated rings. The maximum atomic E-state index is 4.73. The van der Waals surface area contributed by atoms with Crippen LogP contribution >= 0.6 is 11.3 Å². The maximum absolute atomic E-state index is 4.73.